The molecular formula is C22H32N4O3S. The molecule has 0 unspecified atom stereocenters. The van der Waals surface area contributed by atoms with Crippen molar-refractivity contribution in [3.8, 4) is 11.5 Å². The van der Waals surface area contributed by atoms with Crippen LogP contribution in [0.5, 0.6) is 11.5 Å². The molecular weight excluding hydrogens is 400 g/mol. The van der Waals surface area contributed by atoms with Crippen molar-refractivity contribution in [1.29, 1.82) is 0 Å². The lowest BCUT2D eigenvalue weighted by atomic mass is 10.1. The zero-order valence-electron chi connectivity index (χ0n) is 18.0. The monoisotopic (exact) mass is 432 g/mol. The number of carbonyl (C=O) groups excluding carboxylic acids is 1. The van der Waals surface area contributed by atoms with Crippen LogP contribution in [0, 0.1) is 0 Å². The van der Waals surface area contributed by atoms with Crippen LogP contribution in [0.3, 0.4) is 0 Å². The second-order valence-electron chi connectivity index (χ2n) is 6.41. The molecule has 30 heavy (non-hydrogen) atoms. The Hall–Kier alpha value is -2.74. The van der Waals surface area contributed by atoms with Gasteiger partial charge in [-0.1, -0.05) is 12.1 Å². The van der Waals surface area contributed by atoms with Gasteiger partial charge < -0.3 is 25.4 Å². The van der Waals surface area contributed by atoms with Gasteiger partial charge in [-0.25, -0.2) is 0 Å². The summed E-state index contributed by atoms with van der Waals surface area (Å²) in [5, 5.41) is 11.4. The van der Waals surface area contributed by atoms with Crippen LogP contribution >= 0.6 is 11.3 Å². The van der Waals surface area contributed by atoms with Gasteiger partial charge in [0.15, 0.2) is 17.5 Å². The SMILES string of the molecule is CCOc1ccc(CCNC(=NC)NCCCNC(=O)c2cccs2)cc1OCC. The van der Waals surface area contributed by atoms with Crippen molar-refractivity contribution in [3.05, 3.63) is 46.2 Å². The van der Waals surface area contributed by atoms with Gasteiger partial charge in [0.1, 0.15) is 0 Å². The van der Waals surface area contributed by atoms with Crippen LogP contribution in [0.4, 0.5) is 0 Å². The number of hydrogen-bond donors (Lipinski definition) is 3. The Balaban J connectivity index is 1.67. The van der Waals surface area contributed by atoms with Crippen LogP contribution < -0.4 is 25.4 Å². The van der Waals surface area contributed by atoms with Gasteiger partial charge in [0.2, 0.25) is 0 Å². The highest BCUT2D eigenvalue weighted by Crippen LogP contribution is 2.28. The van der Waals surface area contributed by atoms with Gasteiger partial charge in [0.05, 0.1) is 18.1 Å². The minimum Gasteiger partial charge on any atom is -0.490 e. The molecule has 2 rings (SSSR count). The average molecular weight is 433 g/mol. The van der Waals surface area contributed by atoms with E-state index in [1.807, 2.05) is 43.5 Å². The van der Waals surface area contributed by atoms with E-state index in [1.54, 1.807) is 7.05 Å². The van der Waals surface area contributed by atoms with E-state index >= 15 is 0 Å². The maximum absolute atomic E-state index is 11.9. The Morgan fingerprint density at radius 2 is 1.73 bits per heavy atom. The van der Waals surface area contributed by atoms with Crippen molar-refractivity contribution >= 4 is 23.2 Å². The number of ether oxygens (including phenoxy) is 2. The fourth-order valence-corrected chi connectivity index (χ4v) is 3.43. The third kappa shape index (κ3) is 7.94. The van der Waals surface area contributed by atoms with E-state index in [0.29, 0.717) is 19.8 Å². The maximum Gasteiger partial charge on any atom is 0.261 e. The maximum atomic E-state index is 11.9. The fourth-order valence-electron chi connectivity index (χ4n) is 2.79. The molecule has 0 saturated heterocycles. The van der Waals surface area contributed by atoms with Crippen molar-refractivity contribution in [1.82, 2.24) is 16.0 Å². The molecule has 0 atom stereocenters. The first-order chi connectivity index (χ1) is 14.7. The van der Waals surface area contributed by atoms with Crippen LogP contribution in [0.1, 0.15) is 35.5 Å². The van der Waals surface area contributed by atoms with Crippen LogP contribution in [-0.2, 0) is 6.42 Å². The van der Waals surface area contributed by atoms with Crippen molar-refractivity contribution in [2.75, 3.05) is 39.9 Å². The fraction of sp³-hybridized carbons (Fsp3) is 0.455. The first kappa shape index (κ1) is 23.5. The topological polar surface area (TPSA) is 84.0 Å². The zero-order valence-corrected chi connectivity index (χ0v) is 18.8. The zero-order chi connectivity index (χ0) is 21.6. The predicted octanol–water partition coefficient (Wildman–Crippen LogP) is 3.07. The summed E-state index contributed by atoms with van der Waals surface area (Å²) >= 11 is 1.45. The van der Waals surface area contributed by atoms with Gasteiger partial charge in [-0.15, -0.1) is 11.3 Å². The molecule has 0 radical (unpaired) electrons. The molecule has 164 valence electrons. The number of guanidine groups is 1. The van der Waals surface area contributed by atoms with Gasteiger partial charge in [0.25, 0.3) is 5.91 Å². The number of aliphatic imine (C=N–C) groups is 1. The summed E-state index contributed by atoms with van der Waals surface area (Å²) in [7, 11) is 1.75. The molecule has 0 aliphatic carbocycles. The second-order valence-corrected chi connectivity index (χ2v) is 7.36. The van der Waals surface area contributed by atoms with E-state index in [2.05, 4.69) is 27.0 Å². The normalized spacial score (nSPS) is 11.1. The number of carbonyl (C=O) groups is 1. The van der Waals surface area contributed by atoms with Crippen molar-refractivity contribution in [2.45, 2.75) is 26.7 Å². The summed E-state index contributed by atoms with van der Waals surface area (Å²) in [4.78, 5) is 16.9. The van der Waals surface area contributed by atoms with E-state index < -0.39 is 0 Å². The second kappa shape index (κ2) is 13.5. The molecule has 0 fully saturated rings. The Morgan fingerprint density at radius 1 is 1.00 bits per heavy atom. The lowest BCUT2D eigenvalue weighted by Gasteiger charge is -2.14. The predicted molar refractivity (Wildman–Crippen MR) is 123 cm³/mol. The number of benzene rings is 1. The van der Waals surface area contributed by atoms with E-state index in [9.17, 15) is 4.79 Å². The van der Waals surface area contributed by atoms with E-state index in [-0.39, 0.29) is 5.91 Å². The molecule has 0 saturated carbocycles. The summed E-state index contributed by atoms with van der Waals surface area (Å²) in [6.07, 6.45) is 1.65. The minimum absolute atomic E-state index is 0.0192. The van der Waals surface area contributed by atoms with Crippen LogP contribution in [0.2, 0.25) is 0 Å². The number of nitrogens with one attached hydrogen (secondary N) is 3. The summed E-state index contributed by atoms with van der Waals surface area (Å²) in [6.45, 7) is 7.23. The van der Waals surface area contributed by atoms with Crippen LogP contribution in [0.25, 0.3) is 0 Å². The number of thiophene rings is 1. The number of amides is 1. The van der Waals surface area contributed by atoms with Gasteiger partial charge >= 0.3 is 0 Å². The Morgan fingerprint density at radius 3 is 2.43 bits per heavy atom. The summed E-state index contributed by atoms with van der Waals surface area (Å²) in [6, 6.07) is 9.75. The highest BCUT2D eigenvalue weighted by molar-refractivity contribution is 7.12. The van der Waals surface area contributed by atoms with Gasteiger partial charge in [-0.3, -0.25) is 9.79 Å². The average Bonchev–Trinajstić information content (AvgIpc) is 3.29. The molecule has 0 aliphatic rings. The first-order valence-corrected chi connectivity index (χ1v) is 11.2. The van der Waals surface area contributed by atoms with E-state index in [1.165, 1.54) is 16.9 Å². The molecule has 0 spiro atoms. The molecule has 1 aromatic heterocycles. The Bertz CT molecular complexity index is 794. The Kier molecular flexibility index (Phi) is 10.6. The molecule has 8 heteroatoms. The lowest BCUT2D eigenvalue weighted by Crippen LogP contribution is -2.39. The van der Waals surface area contributed by atoms with Crippen LogP contribution in [-0.4, -0.2) is 51.8 Å². The van der Waals surface area contributed by atoms with Crippen molar-refractivity contribution < 1.29 is 14.3 Å². The van der Waals surface area contributed by atoms with E-state index in [4.69, 9.17) is 9.47 Å². The third-order valence-corrected chi connectivity index (χ3v) is 5.08. The van der Waals surface area contributed by atoms with Gasteiger partial charge in [0, 0.05) is 26.7 Å². The van der Waals surface area contributed by atoms with Crippen molar-refractivity contribution in [3.63, 3.8) is 0 Å². The van der Waals surface area contributed by atoms with Crippen LogP contribution in [0.15, 0.2) is 40.7 Å². The van der Waals surface area contributed by atoms with E-state index in [0.717, 1.165) is 48.3 Å². The molecule has 0 bridgehead atoms. The number of hydrogen-bond acceptors (Lipinski definition) is 5. The molecule has 1 amide bonds. The van der Waals surface area contributed by atoms with Crippen molar-refractivity contribution in [2.24, 2.45) is 4.99 Å². The summed E-state index contributed by atoms with van der Waals surface area (Å²) in [5.74, 6) is 2.29. The van der Waals surface area contributed by atoms with Gasteiger partial charge in [-0.05, 0) is 55.8 Å². The molecule has 3 N–H and O–H groups in total. The third-order valence-electron chi connectivity index (χ3n) is 4.21. The Labute approximate surface area is 182 Å². The first-order valence-electron chi connectivity index (χ1n) is 10.3. The minimum atomic E-state index is -0.0192. The molecule has 1 aromatic carbocycles. The van der Waals surface area contributed by atoms with Gasteiger partial charge in [-0.2, -0.15) is 0 Å². The standard InChI is InChI=1S/C22H32N4O3S/c1-4-28-18-10-9-17(16-19(18)29-5-2)11-14-26-22(23-3)25-13-7-12-24-21(27)20-8-6-15-30-20/h6,8-10,15-16H,4-5,7,11-14H2,1-3H3,(H,24,27)(H2,23,25,26). The summed E-state index contributed by atoms with van der Waals surface area (Å²) < 4.78 is 11.3. The summed E-state index contributed by atoms with van der Waals surface area (Å²) in [5.41, 5.74) is 1.17. The quantitative estimate of drug-likeness (QED) is 0.273. The smallest absolute Gasteiger partial charge is 0.261 e. The molecule has 1 heterocycles. The highest BCUT2D eigenvalue weighted by atomic mass is 32.1. The highest BCUT2D eigenvalue weighted by Gasteiger charge is 2.07. The molecule has 7 nitrogen and oxygen atoms in total. The number of nitrogens with zero attached hydrogens (tertiary/aromatic N) is 1. The largest absolute Gasteiger partial charge is 0.490 e. The molecule has 0 aliphatic heterocycles. The lowest BCUT2D eigenvalue weighted by molar-refractivity contribution is 0.0957. The molecule has 2 aromatic rings. The number of rotatable bonds is 12.